The predicted molar refractivity (Wildman–Crippen MR) is 43.6 cm³/mol. The Kier molecular flexibility index (Phi) is 1.33. The van der Waals surface area contributed by atoms with Crippen LogP contribution in [0.2, 0.25) is 0 Å². The average Bonchev–Trinajstić information content (AvgIpc) is 2.59. The summed E-state index contributed by atoms with van der Waals surface area (Å²) in [7, 11) is 0. The van der Waals surface area contributed by atoms with E-state index in [-0.39, 0.29) is 11.3 Å². The van der Waals surface area contributed by atoms with Crippen LogP contribution in [-0.4, -0.2) is 30.7 Å². The maximum absolute atomic E-state index is 9.32. The van der Waals surface area contributed by atoms with Crippen LogP contribution >= 0.6 is 0 Å². The normalized spacial score (nSPS) is 10.8. The molecule has 2 rings (SSSR count). The maximum Gasteiger partial charge on any atom is 0.203 e. The van der Waals surface area contributed by atoms with Crippen LogP contribution in [0.5, 0.6) is 17.2 Å². The van der Waals surface area contributed by atoms with Crippen molar-refractivity contribution in [2.45, 2.75) is 6.92 Å². The van der Waals surface area contributed by atoms with E-state index in [0.29, 0.717) is 11.1 Å². The van der Waals surface area contributed by atoms with Gasteiger partial charge in [0.1, 0.15) is 5.52 Å². The standard InChI is InChI=1S/C7H7N3O3/c1-2-3-4(9-10-8-3)6(12)7(13)5(2)11/h11-13H,1H3,(H,8,9,10). The first-order valence-corrected chi connectivity index (χ1v) is 3.57. The molecule has 1 aromatic heterocycles. The molecule has 68 valence electrons. The fraction of sp³-hybridized carbons (Fsp3) is 0.143. The van der Waals surface area contributed by atoms with E-state index >= 15 is 0 Å². The molecule has 0 amide bonds. The number of rotatable bonds is 0. The number of aromatic nitrogens is 3. The van der Waals surface area contributed by atoms with Gasteiger partial charge in [0.05, 0.1) is 0 Å². The van der Waals surface area contributed by atoms with Crippen molar-refractivity contribution in [2.75, 3.05) is 0 Å². The molecule has 1 aromatic carbocycles. The van der Waals surface area contributed by atoms with E-state index in [0.717, 1.165) is 0 Å². The second kappa shape index (κ2) is 2.25. The number of fused-ring (bicyclic) bond motifs is 1. The summed E-state index contributed by atoms with van der Waals surface area (Å²) < 4.78 is 0. The van der Waals surface area contributed by atoms with Crippen LogP contribution in [-0.2, 0) is 0 Å². The van der Waals surface area contributed by atoms with Gasteiger partial charge < -0.3 is 15.3 Å². The second-order valence-electron chi connectivity index (χ2n) is 2.69. The Balaban J connectivity index is 3.02. The smallest absolute Gasteiger partial charge is 0.203 e. The first-order chi connectivity index (χ1) is 6.13. The number of hydrogen-bond donors (Lipinski definition) is 4. The summed E-state index contributed by atoms with van der Waals surface area (Å²) in [5.74, 6) is -1.41. The van der Waals surface area contributed by atoms with E-state index in [1.165, 1.54) is 0 Å². The van der Waals surface area contributed by atoms with E-state index in [4.69, 9.17) is 0 Å². The molecular weight excluding hydrogens is 174 g/mol. The van der Waals surface area contributed by atoms with Crippen LogP contribution in [0, 0.1) is 6.92 Å². The van der Waals surface area contributed by atoms with Crippen LogP contribution < -0.4 is 0 Å². The van der Waals surface area contributed by atoms with Gasteiger partial charge in [-0.05, 0) is 6.92 Å². The summed E-state index contributed by atoms with van der Waals surface area (Å²) in [5.41, 5.74) is 0.861. The zero-order chi connectivity index (χ0) is 9.59. The highest BCUT2D eigenvalue weighted by Crippen LogP contribution is 2.42. The van der Waals surface area contributed by atoms with Crippen LogP contribution in [0.1, 0.15) is 5.56 Å². The monoisotopic (exact) mass is 181 g/mol. The van der Waals surface area contributed by atoms with Crippen LogP contribution in [0.25, 0.3) is 11.0 Å². The van der Waals surface area contributed by atoms with Gasteiger partial charge >= 0.3 is 0 Å². The Morgan fingerprint density at radius 2 is 1.54 bits per heavy atom. The van der Waals surface area contributed by atoms with Gasteiger partial charge in [-0.2, -0.15) is 15.4 Å². The van der Waals surface area contributed by atoms with Crippen molar-refractivity contribution < 1.29 is 15.3 Å². The minimum atomic E-state index is -0.570. The van der Waals surface area contributed by atoms with Gasteiger partial charge in [0.25, 0.3) is 0 Å². The third kappa shape index (κ3) is 0.821. The summed E-state index contributed by atoms with van der Waals surface area (Å²) in [6.07, 6.45) is 0. The van der Waals surface area contributed by atoms with E-state index in [2.05, 4.69) is 15.4 Å². The molecule has 0 radical (unpaired) electrons. The minimum Gasteiger partial charge on any atom is -0.504 e. The number of benzene rings is 1. The summed E-state index contributed by atoms with van der Waals surface area (Å²) in [6.45, 7) is 1.57. The molecule has 6 nitrogen and oxygen atoms in total. The van der Waals surface area contributed by atoms with Gasteiger partial charge in [0, 0.05) is 5.56 Å². The molecule has 0 spiro atoms. The number of aryl methyl sites for hydroxylation is 1. The van der Waals surface area contributed by atoms with Crippen molar-refractivity contribution in [2.24, 2.45) is 0 Å². The lowest BCUT2D eigenvalue weighted by molar-refractivity contribution is 0.369. The molecular formula is C7H7N3O3. The number of aromatic amines is 1. The highest BCUT2D eigenvalue weighted by atomic mass is 16.3. The third-order valence-electron chi connectivity index (χ3n) is 1.93. The third-order valence-corrected chi connectivity index (χ3v) is 1.93. The van der Waals surface area contributed by atoms with E-state index in [1.807, 2.05) is 0 Å². The van der Waals surface area contributed by atoms with Crippen LogP contribution in [0.4, 0.5) is 0 Å². The van der Waals surface area contributed by atoms with Gasteiger partial charge in [-0.15, -0.1) is 0 Å². The Morgan fingerprint density at radius 1 is 0.923 bits per heavy atom. The fourth-order valence-corrected chi connectivity index (χ4v) is 1.17. The molecule has 0 aliphatic heterocycles. The summed E-state index contributed by atoms with van der Waals surface area (Å²) in [6, 6.07) is 0. The number of aromatic hydroxyl groups is 3. The molecule has 1 heterocycles. The molecule has 0 bridgehead atoms. The lowest BCUT2D eigenvalue weighted by Gasteiger charge is -2.03. The molecule has 0 unspecified atom stereocenters. The van der Waals surface area contributed by atoms with Gasteiger partial charge in [0.2, 0.25) is 5.75 Å². The van der Waals surface area contributed by atoms with Crippen molar-refractivity contribution in [3.8, 4) is 17.2 Å². The van der Waals surface area contributed by atoms with Crippen molar-refractivity contribution in [1.29, 1.82) is 0 Å². The maximum atomic E-state index is 9.32. The lowest BCUT2D eigenvalue weighted by atomic mass is 10.1. The molecule has 0 atom stereocenters. The van der Waals surface area contributed by atoms with Gasteiger partial charge in [-0.3, -0.25) is 0 Å². The Morgan fingerprint density at radius 3 is 2.23 bits per heavy atom. The van der Waals surface area contributed by atoms with Crippen molar-refractivity contribution in [3.63, 3.8) is 0 Å². The van der Waals surface area contributed by atoms with Crippen molar-refractivity contribution in [3.05, 3.63) is 5.56 Å². The first-order valence-electron chi connectivity index (χ1n) is 3.57. The summed E-state index contributed by atoms with van der Waals surface area (Å²) in [5, 5.41) is 37.5. The molecule has 6 heteroatoms. The molecule has 4 N–H and O–H groups in total. The van der Waals surface area contributed by atoms with E-state index < -0.39 is 11.5 Å². The highest BCUT2D eigenvalue weighted by molar-refractivity contribution is 5.89. The molecule has 13 heavy (non-hydrogen) atoms. The lowest BCUT2D eigenvalue weighted by Crippen LogP contribution is -1.81. The Bertz CT molecular complexity index is 435. The number of H-pyrrole nitrogens is 1. The molecule has 2 aromatic rings. The van der Waals surface area contributed by atoms with Crippen LogP contribution in [0.15, 0.2) is 0 Å². The van der Waals surface area contributed by atoms with Crippen molar-refractivity contribution in [1.82, 2.24) is 15.4 Å². The summed E-state index contributed by atoms with van der Waals surface area (Å²) >= 11 is 0. The molecule has 0 fully saturated rings. The van der Waals surface area contributed by atoms with E-state index in [1.54, 1.807) is 6.92 Å². The Labute approximate surface area is 72.4 Å². The van der Waals surface area contributed by atoms with Gasteiger partial charge in [0.15, 0.2) is 17.0 Å². The Hall–Kier alpha value is -1.98. The average molecular weight is 181 g/mol. The molecule has 0 saturated carbocycles. The van der Waals surface area contributed by atoms with Gasteiger partial charge in [-0.25, -0.2) is 0 Å². The zero-order valence-corrected chi connectivity index (χ0v) is 6.74. The van der Waals surface area contributed by atoms with E-state index in [9.17, 15) is 15.3 Å². The predicted octanol–water partition coefficient (Wildman–Crippen LogP) is 0.383. The number of phenols is 3. The topological polar surface area (TPSA) is 102 Å². The number of nitrogens with one attached hydrogen (secondary N) is 1. The second-order valence-corrected chi connectivity index (χ2v) is 2.69. The first kappa shape index (κ1) is 7.66. The molecule has 0 saturated heterocycles. The quantitative estimate of drug-likeness (QED) is 0.440. The van der Waals surface area contributed by atoms with Gasteiger partial charge in [-0.1, -0.05) is 0 Å². The van der Waals surface area contributed by atoms with Crippen LogP contribution in [0.3, 0.4) is 0 Å². The highest BCUT2D eigenvalue weighted by Gasteiger charge is 2.18. The fourth-order valence-electron chi connectivity index (χ4n) is 1.17. The largest absolute Gasteiger partial charge is 0.504 e. The number of nitrogens with zero attached hydrogens (tertiary/aromatic N) is 2. The van der Waals surface area contributed by atoms with Crippen molar-refractivity contribution >= 4 is 11.0 Å². The SMILES string of the molecule is Cc1c(O)c(O)c(O)c2n[nH]nc12. The molecule has 0 aliphatic rings. The summed E-state index contributed by atoms with van der Waals surface area (Å²) in [4.78, 5) is 0. The minimum absolute atomic E-state index is 0.146. The zero-order valence-electron chi connectivity index (χ0n) is 6.74. The molecule has 0 aliphatic carbocycles. The number of phenolic OH excluding ortho intramolecular Hbond substituents is 3. The number of hydrogen-bond acceptors (Lipinski definition) is 5.